The number of hydrogen-bond acceptors (Lipinski definition) is 5. The molecule has 0 fully saturated rings. The van der Waals surface area contributed by atoms with Crippen LogP contribution in [0.25, 0.3) is 11.1 Å². The third-order valence-corrected chi connectivity index (χ3v) is 6.43. The summed E-state index contributed by atoms with van der Waals surface area (Å²) >= 11 is 6.07. The number of nitrogens with zero attached hydrogens (tertiary/aromatic N) is 3. The van der Waals surface area contributed by atoms with Crippen molar-refractivity contribution in [2.45, 2.75) is 30.9 Å². The van der Waals surface area contributed by atoms with Crippen LogP contribution in [0.4, 0.5) is 4.39 Å². The Kier molecular flexibility index (Phi) is 4.90. The van der Waals surface area contributed by atoms with Crippen LogP contribution in [0.2, 0.25) is 5.02 Å². The summed E-state index contributed by atoms with van der Waals surface area (Å²) in [6, 6.07) is 13.6. The van der Waals surface area contributed by atoms with Crippen LogP contribution in [0, 0.1) is 5.82 Å². The summed E-state index contributed by atoms with van der Waals surface area (Å²) in [7, 11) is 1.61. The number of ether oxygens (including phenoxy) is 1. The summed E-state index contributed by atoms with van der Waals surface area (Å²) in [4.78, 5) is 23.8. The van der Waals surface area contributed by atoms with Gasteiger partial charge in [-0.1, -0.05) is 23.7 Å². The van der Waals surface area contributed by atoms with Gasteiger partial charge in [0.05, 0.1) is 0 Å². The summed E-state index contributed by atoms with van der Waals surface area (Å²) < 4.78 is 20.5. The molecule has 1 aromatic heterocycles. The number of amides is 1. The van der Waals surface area contributed by atoms with Gasteiger partial charge in [-0.2, -0.15) is 0 Å². The van der Waals surface area contributed by atoms with Gasteiger partial charge in [-0.15, -0.1) is 0 Å². The highest BCUT2D eigenvalue weighted by Crippen LogP contribution is 2.50. The Labute approximate surface area is 195 Å². The number of rotatable bonds is 3. The molecule has 2 aliphatic heterocycles. The molecule has 1 amide bonds. The number of aliphatic imine (C=N–C) groups is 1. The van der Waals surface area contributed by atoms with Gasteiger partial charge in [-0.25, -0.2) is 9.38 Å². The number of carbonyl (C=O) groups is 1. The number of likely N-dealkylation sites (N-methyl/N-ethyl adjacent to an activating group) is 1. The average Bonchev–Trinajstić information content (AvgIpc) is 2.97. The Balaban J connectivity index is 1.65. The molecule has 2 atom stereocenters. The maximum absolute atomic E-state index is 14.0. The normalized spacial score (nSPS) is 23.9. The molecule has 2 unspecified atom stereocenters. The van der Waals surface area contributed by atoms with Crippen LogP contribution in [0.1, 0.15) is 24.5 Å². The molecule has 0 saturated carbocycles. The van der Waals surface area contributed by atoms with Crippen molar-refractivity contribution in [3.8, 4) is 16.9 Å². The smallest absolute Gasteiger partial charge is 0.261 e. The van der Waals surface area contributed by atoms with Crippen LogP contribution >= 0.6 is 11.6 Å². The van der Waals surface area contributed by atoms with Crippen molar-refractivity contribution < 1.29 is 13.9 Å². The van der Waals surface area contributed by atoms with Crippen molar-refractivity contribution in [3.63, 3.8) is 0 Å². The lowest BCUT2D eigenvalue weighted by molar-refractivity contribution is -0.133. The largest absolute Gasteiger partial charge is 0.487 e. The van der Waals surface area contributed by atoms with Crippen LogP contribution < -0.4 is 10.5 Å². The molecule has 0 saturated heterocycles. The Morgan fingerprint density at radius 1 is 1.21 bits per heavy atom. The molecule has 3 heterocycles. The Bertz CT molecular complexity index is 1280. The zero-order valence-corrected chi connectivity index (χ0v) is 18.9. The van der Waals surface area contributed by atoms with Crippen LogP contribution in [-0.2, 0) is 16.8 Å². The van der Waals surface area contributed by atoms with Crippen LogP contribution in [-0.4, -0.2) is 34.4 Å². The van der Waals surface area contributed by atoms with Crippen molar-refractivity contribution in [1.29, 1.82) is 0 Å². The standard InChI is InChI=1S/C25H22ClFN4O2/c1-24(12-15-4-3-7-29-13-15)14-25(22(32)31(2)23(28)30-25)20-10-16(5-6-21(20)33-24)17-8-18(26)11-19(27)9-17/h3-11,13H,12,14H2,1-2H3,(H2,28,30). The van der Waals surface area contributed by atoms with Gasteiger partial charge in [0, 0.05) is 42.9 Å². The third-order valence-electron chi connectivity index (χ3n) is 6.22. The van der Waals surface area contributed by atoms with Crippen LogP contribution in [0.15, 0.2) is 65.9 Å². The first-order valence-corrected chi connectivity index (χ1v) is 10.9. The van der Waals surface area contributed by atoms with Crippen LogP contribution in [0.3, 0.4) is 0 Å². The van der Waals surface area contributed by atoms with Crippen molar-refractivity contribution in [2.75, 3.05) is 7.05 Å². The van der Waals surface area contributed by atoms with E-state index in [0.29, 0.717) is 35.3 Å². The van der Waals surface area contributed by atoms with Crippen molar-refractivity contribution in [3.05, 3.63) is 82.9 Å². The SMILES string of the molecule is CN1C(=O)C2(CC(C)(Cc3cccnc3)Oc3ccc(-c4cc(F)cc(Cl)c4)cc32)N=C1N. The Morgan fingerprint density at radius 2 is 2.03 bits per heavy atom. The van der Waals surface area contributed by atoms with Gasteiger partial charge >= 0.3 is 0 Å². The summed E-state index contributed by atoms with van der Waals surface area (Å²) in [5.41, 5.74) is 7.01. The summed E-state index contributed by atoms with van der Waals surface area (Å²) in [6.45, 7) is 1.96. The van der Waals surface area contributed by atoms with E-state index in [1.54, 1.807) is 31.6 Å². The number of fused-ring (bicyclic) bond motifs is 2. The molecule has 5 rings (SSSR count). The molecule has 168 valence electrons. The monoisotopic (exact) mass is 464 g/mol. The van der Waals surface area contributed by atoms with E-state index in [0.717, 1.165) is 5.56 Å². The first-order chi connectivity index (χ1) is 15.7. The summed E-state index contributed by atoms with van der Waals surface area (Å²) in [5.74, 6) is 0.0235. The molecule has 2 N–H and O–H groups in total. The second-order valence-corrected chi connectivity index (χ2v) is 9.27. The number of aromatic nitrogens is 1. The summed E-state index contributed by atoms with van der Waals surface area (Å²) in [5, 5.41) is 0.289. The van der Waals surface area contributed by atoms with Gasteiger partial charge in [0.2, 0.25) is 0 Å². The lowest BCUT2D eigenvalue weighted by Gasteiger charge is -2.43. The van der Waals surface area contributed by atoms with E-state index in [1.165, 1.54) is 17.0 Å². The zero-order chi connectivity index (χ0) is 23.4. The van der Waals surface area contributed by atoms with Gasteiger partial charge < -0.3 is 10.5 Å². The molecule has 0 radical (unpaired) electrons. The number of carbonyl (C=O) groups excluding carboxylic acids is 1. The van der Waals surface area contributed by atoms with Crippen LogP contribution in [0.5, 0.6) is 5.75 Å². The maximum atomic E-state index is 14.0. The number of benzene rings is 2. The summed E-state index contributed by atoms with van der Waals surface area (Å²) in [6.07, 6.45) is 4.33. The molecule has 0 aliphatic carbocycles. The quantitative estimate of drug-likeness (QED) is 0.626. The molecule has 33 heavy (non-hydrogen) atoms. The predicted molar refractivity (Wildman–Crippen MR) is 125 cm³/mol. The molecular weight excluding hydrogens is 443 g/mol. The highest BCUT2D eigenvalue weighted by Gasteiger charge is 2.56. The van der Waals surface area contributed by atoms with Crippen molar-refractivity contribution in [2.24, 2.45) is 10.7 Å². The Hall–Kier alpha value is -3.45. The van der Waals surface area contributed by atoms with Crippen molar-refractivity contribution in [1.82, 2.24) is 9.88 Å². The van der Waals surface area contributed by atoms with Gasteiger partial charge in [0.1, 0.15) is 17.2 Å². The first-order valence-electron chi connectivity index (χ1n) is 10.5. The van der Waals surface area contributed by atoms with Gasteiger partial charge in [-0.3, -0.25) is 14.7 Å². The fourth-order valence-corrected chi connectivity index (χ4v) is 5.03. The number of pyridine rings is 1. The Morgan fingerprint density at radius 3 is 2.70 bits per heavy atom. The average molecular weight is 465 g/mol. The van der Waals surface area contributed by atoms with E-state index in [1.807, 2.05) is 31.2 Å². The van der Waals surface area contributed by atoms with Gasteiger partial charge in [-0.05, 0) is 60.0 Å². The van der Waals surface area contributed by atoms with Gasteiger partial charge in [0.25, 0.3) is 5.91 Å². The lowest BCUT2D eigenvalue weighted by Crippen LogP contribution is -2.51. The minimum atomic E-state index is -1.24. The second kappa shape index (κ2) is 7.56. The molecule has 6 nitrogen and oxygen atoms in total. The van der Waals surface area contributed by atoms with E-state index >= 15 is 0 Å². The topological polar surface area (TPSA) is 80.8 Å². The molecule has 2 aromatic carbocycles. The lowest BCUT2D eigenvalue weighted by atomic mass is 9.74. The molecular formula is C25H22ClFN4O2. The molecule has 2 aliphatic rings. The first kappa shape index (κ1) is 21.4. The highest BCUT2D eigenvalue weighted by molar-refractivity contribution is 6.30. The highest BCUT2D eigenvalue weighted by atomic mass is 35.5. The number of guanidine groups is 1. The van der Waals surface area contributed by atoms with Crippen molar-refractivity contribution >= 4 is 23.5 Å². The van der Waals surface area contributed by atoms with E-state index in [-0.39, 0.29) is 16.9 Å². The van der Waals surface area contributed by atoms with E-state index in [4.69, 9.17) is 22.1 Å². The third kappa shape index (κ3) is 3.62. The van der Waals surface area contributed by atoms with E-state index < -0.39 is 17.0 Å². The molecule has 1 spiro atoms. The van der Waals surface area contributed by atoms with Gasteiger partial charge in [0.15, 0.2) is 11.5 Å². The predicted octanol–water partition coefficient (Wildman–Crippen LogP) is 4.31. The number of nitrogens with two attached hydrogens (primary N) is 1. The number of halogens is 2. The molecule has 3 aromatic rings. The minimum absolute atomic E-state index is 0.149. The maximum Gasteiger partial charge on any atom is 0.261 e. The zero-order valence-electron chi connectivity index (χ0n) is 18.2. The number of hydrogen-bond donors (Lipinski definition) is 1. The fraction of sp³-hybridized carbons (Fsp3) is 0.240. The minimum Gasteiger partial charge on any atom is -0.487 e. The van der Waals surface area contributed by atoms with E-state index in [2.05, 4.69) is 9.98 Å². The molecule has 0 bridgehead atoms. The molecule has 8 heteroatoms. The van der Waals surface area contributed by atoms with E-state index in [9.17, 15) is 9.18 Å². The second-order valence-electron chi connectivity index (χ2n) is 8.83. The fourth-order valence-electron chi connectivity index (χ4n) is 4.80.